The molecule has 0 aromatic rings. The van der Waals surface area contributed by atoms with E-state index in [2.05, 4.69) is 0 Å². The van der Waals surface area contributed by atoms with Crippen molar-refractivity contribution in [3.05, 3.63) is 11.6 Å². The van der Waals surface area contributed by atoms with Gasteiger partial charge in [-0.2, -0.15) is 5.26 Å². The molecule has 1 aliphatic heterocycles. The van der Waals surface area contributed by atoms with Crippen molar-refractivity contribution in [2.24, 2.45) is 0 Å². The van der Waals surface area contributed by atoms with Crippen LogP contribution in [0.3, 0.4) is 0 Å². The molecule has 4 heteroatoms. The van der Waals surface area contributed by atoms with Gasteiger partial charge in [-0.05, 0) is 26.8 Å². The normalized spacial score (nSPS) is 16.1. The van der Waals surface area contributed by atoms with Gasteiger partial charge in [0.15, 0.2) is 0 Å². The second-order valence-corrected chi connectivity index (χ2v) is 4.20. The average Bonchev–Trinajstić information content (AvgIpc) is 2.48. The molecule has 0 aromatic carbocycles. The summed E-state index contributed by atoms with van der Waals surface area (Å²) in [6.45, 7) is 6.29. The highest BCUT2D eigenvalue weighted by molar-refractivity contribution is 5.69. The van der Waals surface area contributed by atoms with Gasteiger partial charge in [-0.1, -0.05) is 0 Å². The molecule has 0 aromatic heterocycles. The van der Waals surface area contributed by atoms with E-state index in [1.54, 1.807) is 6.08 Å². The van der Waals surface area contributed by atoms with Crippen molar-refractivity contribution in [3.8, 4) is 6.07 Å². The van der Waals surface area contributed by atoms with Crippen LogP contribution in [0.25, 0.3) is 0 Å². The van der Waals surface area contributed by atoms with E-state index in [1.165, 1.54) is 4.90 Å². The summed E-state index contributed by atoms with van der Waals surface area (Å²) in [5.41, 5.74) is 0.141. The molecule has 76 valence electrons. The van der Waals surface area contributed by atoms with Crippen LogP contribution in [0.5, 0.6) is 0 Å². The van der Waals surface area contributed by atoms with E-state index < -0.39 is 5.60 Å². The fraction of sp³-hybridized carbons (Fsp3) is 0.600. The second kappa shape index (κ2) is 3.70. The maximum Gasteiger partial charge on any atom is 0.410 e. The predicted octanol–water partition coefficient (Wildman–Crippen LogP) is 1.69. The first kappa shape index (κ1) is 10.6. The molecule has 1 heterocycles. The molecule has 0 radical (unpaired) electrons. The Kier molecular flexibility index (Phi) is 2.80. The Bertz CT molecular complexity index is 307. The fourth-order valence-electron chi connectivity index (χ4n) is 1.10. The molecule has 0 saturated heterocycles. The van der Waals surface area contributed by atoms with E-state index in [4.69, 9.17) is 10.00 Å². The minimum absolute atomic E-state index is 0.362. The van der Waals surface area contributed by atoms with Gasteiger partial charge in [-0.3, -0.25) is 4.90 Å². The number of nitrogens with zero attached hydrogens (tertiary/aromatic N) is 2. The molecule has 0 unspecified atom stereocenters. The van der Waals surface area contributed by atoms with Crippen molar-refractivity contribution < 1.29 is 9.53 Å². The monoisotopic (exact) mass is 194 g/mol. The van der Waals surface area contributed by atoms with Gasteiger partial charge in [0.1, 0.15) is 5.60 Å². The maximum atomic E-state index is 11.5. The van der Waals surface area contributed by atoms with Crippen LogP contribution in [0.4, 0.5) is 4.79 Å². The van der Waals surface area contributed by atoms with Crippen LogP contribution in [0.15, 0.2) is 11.6 Å². The quantitative estimate of drug-likeness (QED) is 0.589. The van der Waals surface area contributed by atoms with Crippen molar-refractivity contribution in [2.75, 3.05) is 13.1 Å². The zero-order valence-electron chi connectivity index (χ0n) is 8.70. The summed E-state index contributed by atoms with van der Waals surface area (Å²) < 4.78 is 5.16. The Labute approximate surface area is 83.8 Å². The van der Waals surface area contributed by atoms with E-state index >= 15 is 0 Å². The van der Waals surface area contributed by atoms with Gasteiger partial charge in [-0.25, -0.2) is 4.79 Å². The van der Waals surface area contributed by atoms with Crippen molar-refractivity contribution in [2.45, 2.75) is 26.4 Å². The van der Waals surface area contributed by atoms with E-state index in [0.717, 1.165) is 0 Å². The lowest BCUT2D eigenvalue weighted by molar-refractivity contribution is 0.0302. The van der Waals surface area contributed by atoms with E-state index in [9.17, 15) is 4.79 Å². The molecular weight excluding hydrogens is 180 g/mol. The van der Waals surface area contributed by atoms with Crippen LogP contribution >= 0.6 is 0 Å². The Balaban J connectivity index is 2.48. The van der Waals surface area contributed by atoms with Crippen LogP contribution in [-0.2, 0) is 4.74 Å². The lowest BCUT2D eigenvalue weighted by Crippen LogP contribution is -2.35. The first-order chi connectivity index (χ1) is 6.42. The molecule has 0 bridgehead atoms. The van der Waals surface area contributed by atoms with Crippen LogP contribution in [0.2, 0.25) is 0 Å². The average molecular weight is 194 g/mol. The van der Waals surface area contributed by atoms with E-state index in [0.29, 0.717) is 18.7 Å². The number of nitriles is 1. The molecule has 1 aliphatic rings. The predicted molar refractivity (Wildman–Crippen MR) is 51.5 cm³/mol. The molecule has 4 nitrogen and oxygen atoms in total. The number of hydrogen-bond donors (Lipinski definition) is 0. The van der Waals surface area contributed by atoms with E-state index in [1.807, 2.05) is 26.8 Å². The summed E-state index contributed by atoms with van der Waals surface area (Å²) >= 11 is 0. The standard InChI is InChI=1S/C10H14N2O2/c1-10(2,3)14-9(13)12-5-4-8(6-11)7-12/h4H,5,7H2,1-3H3. The Hall–Kier alpha value is -1.50. The maximum absolute atomic E-state index is 11.5. The lowest BCUT2D eigenvalue weighted by atomic mass is 10.2. The van der Waals surface area contributed by atoms with Crippen LogP contribution in [0, 0.1) is 11.3 Å². The molecule has 0 spiro atoms. The molecule has 0 atom stereocenters. The van der Waals surface area contributed by atoms with Gasteiger partial charge in [0, 0.05) is 12.1 Å². The van der Waals surface area contributed by atoms with Gasteiger partial charge in [0.05, 0.1) is 12.6 Å². The third-order valence-electron chi connectivity index (χ3n) is 1.71. The molecule has 0 fully saturated rings. The zero-order chi connectivity index (χ0) is 10.8. The van der Waals surface area contributed by atoms with Crippen molar-refractivity contribution >= 4 is 6.09 Å². The largest absolute Gasteiger partial charge is 0.444 e. The smallest absolute Gasteiger partial charge is 0.410 e. The van der Waals surface area contributed by atoms with Gasteiger partial charge >= 0.3 is 6.09 Å². The van der Waals surface area contributed by atoms with Gasteiger partial charge in [0.2, 0.25) is 0 Å². The summed E-state index contributed by atoms with van der Waals surface area (Å²) in [5.74, 6) is 0. The molecule has 0 N–H and O–H groups in total. The molecule has 0 aliphatic carbocycles. The Morgan fingerprint density at radius 3 is 2.71 bits per heavy atom. The minimum Gasteiger partial charge on any atom is -0.444 e. The van der Waals surface area contributed by atoms with Gasteiger partial charge in [0.25, 0.3) is 0 Å². The number of amides is 1. The van der Waals surface area contributed by atoms with Crippen molar-refractivity contribution in [1.82, 2.24) is 4.90 Å². The summed E-state index contributed by atoms with van der Waals surface area (Å²) in [6.07, 6.45) is 1.38. The fourth-order valence-corrected chi connectivity index (χ4v) is 1.10. The summed E-state index contributed by atoms with van der Waals surface area (Å²) in [4.78, 5) is 13.0. The summed E-state index contributed by atoms with van der Waals surface area (Å²) in [7, 11) is 0. The summed E-state index contributed by atoms with van der Waals surface area (Å²) in [5, 5.41) is 8.60. The second-order valence-electron chi connectivity index (χ2n) is 4.20. The SMILES string of the molecule is CC(C)(C)OC(=O)N1CC=C(C#N)C1. The number of carbonyl (C=O) groups excluding carboxylic acids is 1. The zero-order valence-corrected chi connectivity index (χ0v) is 8.70. The molecule has 1 rings (SSSR count). The Morgan fingerprint density at radius 1 is 1.64 bits per heavy atom. The number of hydrogen-bond acceptors (Lipinski definition) is 3. The number of ether oxygens (including phenoxy) is 1. The molecular formula is C10H14N2O2. The number of rotatable bonds is 0. The van der Waals surface area contributed by atoms with Crippen LogP contribution in [-0.4, -0.2) is 29.7 Å². The number of carbonyl (C=O) groups is 1. The van der Waals surface area contributed by atoms with Crippen LogP contribution in [0.1, 0.15) is 20.8 Å². The molecule has 14 heavy (non-hydrogen) atoms. The highest BCUT2D eigenvalue weighted by Crippen LogP contribution is 2.14. The summed E-state index contributed by atoms with van der Waals surface area (Å²) in [6, 6.07) is 2.02. The van der Waals surface area contributed by atoms with Gasteiger partial charge in [-0.15, -0.1) is 0 Å². The first-order valence-electron chi connectivity index (χ1n) is 4.49. The van der Waals surface area contributed by atoms with E-state index in [-0.39, 0.29) is 6.09 Å². The minimum atomic E-state index is -0.480. The molecule has 0 saturated carbocycles. The van der Waals surface area contributed by atoms with Crippen molar-refractivity contribution in [1.29, 1.82) is 5.26 Å². The van der Waals surface area contributed by atoms with Crippen LogP contribution < -0.4 is 0 Å². The third-order valence-corrected chi connectivity index (χ3v) is 1.71. The lowest BCUT2D eigenvalue weighted by Gasteiger charge is -2.24. The third kappa shape index (κ3) is 2.77. The Morgan fingerprint density at radius 2 is 2.29 bits per heavy atom. The topological polar surface area (TPSA) is 53.3 Å². The first-order valence-corrected chi connectivity index (χ1v) is 4.49. The highest BCUT2D eigenvalue weighted by Gasteiger charge is 2.24. The van der Waals surface area contributed by atoms with Gasteiger partial charge < -0.3 is 4.74 Å². The molecule has 1 amide bonds. The van der Waals surface area contributed by atoms with Crippen molar-refractivity contribution in [3.63, 3.8) is 0 Å². The highest BCUT2D eigenvalue weighted by atomic mass is 16.6.